The van der Waals surface area contributed by atoms with Crippen LogP contribution < -0.4 is 0 Å². The number of aromatic nitrogens is 1. The van der Waals surface area contributed by atoms with E-state index in [0.717, 1.165) is 49.1 Å². The predicted molar refractivity (Wildman–Crippen MR) is 110 cm³/mol. The van der Waals surface area contributed by atoms with Crippen LogP contribution in [0, 0.1) is 6.92 Å². The highest BCUT2D eigenvalue weighted by Gasteiger charge is 2.43. The average molecular weight is 383 g/mol. The maximum Gasteiger partial charge on any atom is 0.270 e. The number of amides is 2. The molecule has 6 nitrogen and oxygen atoms in total. The van der Waals surface area contributed by atoms with Crippen molar-refractivity contribution in [1.29, 1.82) is 0 Å². The fraction of sp³-hybridized carbons (Fsp3) is 0.545. The minimum atomic E-state index is -0.116. The van der Waals surface area contributed by atoms with Crippen LogP contribution in [0.25, 0.3) is 10.9 Å². The zero-order valence-electron chi connectivity index (χ0n) is 17.4. The molecule has 150 valence electrons. The van der Waals surface area contributed by atoms with Crippen molar-refractivity contribution in [1.82, 2.24) is 19.3 Å². The summed E-state index contributed by atoms with van der Waals surface area (Å²) in [5, 5.41) is 1.11. The molecule has 2 fully saturated rings. The number of hydrogen-bond donors (Lipinski definition) is 0. The zero-order valence-corrected chi connectivity index (χ0v) is 17.4. The summed E-state index contributed by atoms with van der Waals surface area (Å²) in [6, 6.07) is 8.20. The molecule has 0 aliphatic carbocycles. The van der Waals surface area contributed by atoms with Crippen molar-refractivity contribution in [3.8, 4) is 0 Å². The molecule has 0 unspecified atom stereocenters. The Kier molecular flexibility index (Phi) is 4.70. The van der Waals surface area contributed by atoms with Crippen LogP contribution in [0.5, 0.6) is 0 Å². The molecule has 0 radical (unpaired) electrons. The highest BCUT2D eigenvalue weighted by Crippen LogP contribution is 2.33. The lowest BCUT2D eigenvalue weighted by atomic mass is 9.86. The van der Waals surface area contributed by atoms with Crippen LogP contribution in [0.3, 0.4) is 0 Å². The minimum Gasteiger partial charge on any atom is -0.346 e. The summed E-state index contributed by atoms with van der Waals surface area (Å²) in [6.07, 6.45) is 2.27. The van der Waals surface area contributed by atoms with E-state index in [4.69, 9.17) is 0 Å². The maximum absolute atomic E-state index is 13.5. The second kappa shape index (κ2) is 6.92. The fourth-order valence-electron chi connectivity index (χ4n) is 4.92. The Hall–Kier alpha value is -2.34. The van der Waals surface area contributed by atoms with Gasteiger partial charge >= 0.3 is 0 Å². The predicted octanol–water partition coefficient (Wildman–Crippen LogP) is 2.26. The molecular formula is C22H30N4O2. The number of hydrogen-bond acceptors (Lipinski definition) is 3. The Bertz CT molecular complexity index is 934. The van der Waals surface area contributed by atoms with E-state index in [9.17, 15) is 9.59 Å². The lowest BCUT2D eigenvalue weighted by Crippen LogP contribution is -2.62. The number of piperazine rings is 1. The number of benzene rings is 1. The highest BCUT2D eigenvalue weighted by molar-refractivity contribution is 5.99. The molecule has 3 heterocycles. The first-order chi connectivity index (χ1) is 13.3. The van der Waals surface area contributed by atoms with Gasteiger partial charge in [0.1, 0.15) is 5.69 Å². The first-order valence-corrected chi connectivity index (χ1v) is 10.1. The minimum absolute atomic E-state index is 0.0921. The number of carbonyl (C=O) groups excluding carboxylic acids is 2. The molecule has 2 saturated heterocycles. The number of nitrogens with zero attached hydrogens (tertiary/aromatic N) is 4. The van der Waals surface area contributed by atoms with Gasteiger partial charge in [0.25, 0.3) is 5.91 Å². The van der Waals surface area contributed by atoms with Gasteiger partial charge in [0.15, 0.2) is 0 Å². The topological polar surface area (TPSA) is 48.8 Å². The van der Waals surface area contributed by atoms with Crippen LogP contribution >= 0.6 is 0 Å². The van der Waals surface area contributed by atoms with Gasteiger partial charge in [0.05, 0.1) is 5.52 Å². The first kappa shape index (κ1) is 19.0. The number of para-hydroxylation sites is 1. The molecule has 1 atom stereocenters. The van der Waals surface area contributed by atoms with Crippen LogP contribution in [0.15, 0.2) is 24.3 Å². The van der Waals surface area contributed by atoms with Crippen molar-refractivity contribution in [3.05, 3.63) is 35.5 Å². The lowest BCUT2D eigenvalue weighted by molar-refractivity contribution is -0.129. The highest BCUT2D eigenvalue weighted by atomic mass is 16.2. The molecule has 2 aliphatic heterocycles. The lowest BCUT2D eigenvalue weighted by Gasteiger charge is -2.49. The quantitative estimate of drug-likeness (QED) is 0.760. The molecular weight excluding hydrogens is 352 g/mol. The smallest absolute Gasteiger partial charge is 0.270 e. The molecule has 28 heavy (non-hydrogen) atoms. The Morgan fingerprint density at radius 2 is 1.86 bits per heavy atom. The van der Waals surface area contributed by atoms with E-state index in [0.29, 0.717) is 13.0 Å². The Morgan fingerprint density at radius 1 is 1.07 bits per heavy atom. The van der Waals surface area contributed by atoms with Crippen LogP contribution in [-0.4, -0.2) is 76.9 Å². The monoisotopic (exact) mass is 382 g/mol. The van der Waals surface area contributed by atoms with Gasteiger partial charge in [-0.15, -0.1) is 0 Å². The summed E-state index contributed by atoms with van der Waals surface area (Å²) in [4.78, 5) is 31.8. The third-order valence-electron chi connectivity index (χ3n) is 6.91. The van der Waals surface area contributed by atoms with Crippen molar-refractivity contribution in [2.45, 2.75) is 31.7 Å². The SMILES string of the molecule is Cc1cccc2cc(C(=O)N3CCN(C)[C@@]4(CCC(=O)N(C)CC4)C3)n(C)c12. The zero-order chi connectivity index (χ0) is 20.1. The Labute approximate surface area is 166 Å². The van der Waals surface area contributed by atoms with Gasteiger partial charge in [0, 0.05) is 57.6 Å². The van der Waals surface area contributed by atoms with Crippen molar-refractivity contribution in [3.63, 3.8) is 0 Å². The fourth-order valence-corrected chi connectivity index (χ4v) is 4.92. The van der Waals surface area contributed by atoms with Crippen LogP contribution in [-0.2, 0) is 11.8 Å². The summed E-state index contributed by atoms with van der Waals surface area (Å²) >= 11 is 0. The van der Waals surface area contributed by atoms with Crippen molar-refractivity contribution >= 4 is 22.7 Å². The van der Waals surface area contributed by atoms with Gasteiger partial charge in [0.2, 0.25) is 5.91 Å². The summed E-state index contributed by atoms with van der Waals surface area (Å²) < 4.78 is 2.03. The van der Waals surface area contributed by atoms with Gasteiger partial charge in [-0.25, -0.2) is 0 Å². The van der Waals surface area contributed by atoms with E-state index in [-0.39, 0.29) is 17.4 Å². The largest absolute Gasteiger partial charge is 0.346 e. The standard InChI is InChI=1S/C22H30N4O2/c1-16-6-5-7-17-14-18(25(4)20(16)17)21(28)26-13-12-24(3)22(15-26)9-8-19(27)23(2)11-10-22/h5-7,14H,8-13,15H2,1-4H3/t22-/m1/s1. The number of fused-ring (bicyclic) bond motifs is 1. The van der Waals surface area contributed by atoms with E-state index >= 15 is 0 Å². The first-order valence-electron chi connectivity index (χ1n) is 10.1. The van der Waals surface area contributed by atoms with E-state index in [2.05, 4.69) is 31.0 Å². The van der Waals surface area contributed by atoms with E-state index in [1.54, 1.807) is 0 Å². The molecule has 2 aromatic rings. The second-order valence-electron chi connectivity index (χ2n) is 8.54. The van der Waals surface area contributed by atoms with Gasteiger partial charge in [-0.1, -0.05) is 18.2 Å². The molecule has 2 aliphatic rings. The van der Waals surface area contributed by atoms with Gasteiger partial charge in [-0.05, 0) is 38.4 Å². The molecule has 1 spiro atoms. The Morgan fingerprint density at radius 3 is 2.61 bits per heavy atom. The van der Waals surface area contributed by atoms with Crippen molar-refractivity contribution in [2.24, 2.45) is 7.05 Å². The van der Waals surface area contributed by atoms with E-state index < -0.39 is 0 Å². The molecule has 2 amide bonds. The summed E-state index contributed by atoms with van der Waals surface area (Å²) in [5.74, 6) is 0.299. The van der Waals surface area contributed by atoms with E-state index in [1.165, 1.54) is 5.56 Å². The van der Waals surface area contributed by atoms with Crippen molar-refractivity contribution < 1.29 is 9.59 Å². The normalized spacial score (nSPS) is 24.2. The van der Waals surface area contributed by atoms with Crippen LogP contribution in [0.1, 0.15) is 35.3 Å². The van der Waals surface area contributed by atoms with Crippen molar-refractivity contribution in [2.75, 3.05) is 40.3 Å². The molecule has 0 N–H and O–H groups in total. The van der Waals surface area contributed by atoms with Gasteiger partial charge < -0.3 is 14.4 Å². The number of likely N-dealkylation sites (tertiary alicyclic amines) is 1. The second-order valence-corrected chi connectivity index (χ2v) is 8.54. The molecule has 0 bridgehead atoms. The van der Waals surface area contributed by atoms with Gasteiger partial charge in [-0.3, -0.25) is 14.5 Å². The summed E-state index contributed by atoms with van der Waals surface area (Å²) in [7, 11) is 6.00. The maximum atomic E-state index is 13.5. The molecule has 4 rings (SSSR count). The third-order valence-corrected chi connectivity index (χ3v) is 6.91. The molecule has 1 aromatic heterocycles. The summed E-state index contributed by atoms with van der Waals surface area (Å²) in [6.45, 7) is 5.08. The molecule has 6 heteroatoms. The van der Waals surface area contributed by atoms with Crippen LogP contribution in [0.2, 0.25) is 0 Å². The van der Waals surface area contributed by atoms with Crippen LogP contribution in [0.4, 0.5) is 0 Å². The van der Waals surface area contributed by atoms with E-state index in [1.807, 2.05) is 40.6 Å². The third kappa shape index (κ3) is 3.00. The van der Waals surface area contributed by atoms with Gasteiger partial charge in [-0.2, -0.15) is 0 Å². The number of carbonyl (C=O) groups is 2. The summed E-state index contributed by atoms with van der Waals surface area (Å²) in [5.41, 5.74) is 2.93. The number of aryl methyl sites for hydroxylation is 2. The number of rotatable bonds is 1. The average Bonchev–Trinajstić information content (AvgIpc) is 2.95. The molecule has 1 aromatic carbocycles. The Balaban J connectivity index is 1.63. The number of likely N-dealkylation sites (N-methyl/N-ethyl adjacent to an activating group) is 1. The molecule has 0 saturated carbocycles.